The molecule has 0 saturated heterocycles. The zero-order valence-corrected chi connectivity index (χ0v) is 16.1. The molecular weight excluding hydrogens is 361 g/mol. The monoisotopic (exact) mass is 382 g/mol. The number of benzene rings is 4. The van der Waals surface area contributed by atoms with Gasteiger partial charge in [-0.3, -0.25) is 0 Å². The Labute approximate surface area is 169 Å². The third-order valence-electron chi connectivity index (χ3n) is 4.79. The van der Waals surface area contributed by atoms with Gasteiger partial charge < -0.3 is 14.7 Å². The lowest BCUT2D eigenvalue weighted by molar-refractivity contribution is -0.671. The van der Waals surface area contributed by atoms with E-state index < -0.39 is 7.32 Å². The van der Waals surface area contributed by atoms with Crippen LogP contribution >= 0.6 is 0 Å². The predicted octanol–water partition coefficient (Wildman–Crippen LogP) is 4.01. The van der Waals surface area contributed by atoms with Gasteiger partial charge in [-0.2, -0.15) is 0 Å². The SMILES string of the molecule is C[n+]1ccccc1.OB(O)Oc1cccc2ccc3cc4ccccc4cc3c12. The van der Waals surface area contributed by atoms with E-state index in [0.717, 1.165) is 26.9 Å². The second kappa shape index (κ2) is 8.31. The molecule has 0 saturated carbocycles. The summed E-state index contributed by atoms with van der Waals surface area (Å²) in [6.45, 7) is 0. The topological polar surface area (TPSA) is 53.6 Å². The lowest BCUT2D eigenvalue weighted by atomic mass is 9.97. The van der Waals surface area contributed by atoms with E-state index >= 15 is 0 Å². The van der Waals surface area contributed by atoms with Gasteiger partial charge in [-0.05, 0) is 45.1 Å². The minimum Gasteiger partial charge on any atom is -0.511 e. The molecule has 0 radical (unpaired) electrons. The largest absolute Gasteiger partial charge is 0.707 e. The minimum absolute atomic E-state index is 0.466. The number of aromatic nitrogens is 1. The molecule has 5 rings (SSSR count). The molecule has 29 heavy (non-hydrogen) atoms. The van der Waals surface area contributed by atoms with Crippen LogP contribution in [0, 0.1) is 0 Å². The Morgan fingerprint density at radius 2 is 1.34 bits per heavy atom. The molecule has 0 spiro atoms. The van der Waals surface area contributed by atoms with Crippen LogP contribution in [0.25, 0.3) is 32.3 Å². The number of hydrogen-bond donors (Lipinski definition) is 2. The quantitative estimate of drug-likeness (QED) is 0.210. The van der Waals surface area contributed by atoms with Gasteiger partial charge in [0.05, 0.1) is 0 Å². The highest BCUT2D eigenvalue weighted by atomic mass is 16.6. The Balaban J connectivity index is 0.000000249. The van der Waals surface area contributed by atoms with E-state index in [9.17, 15) is 0 Å². The van der Waals surface area contributed by atoms with Crippen LogP contribution < -0.4 is 9.22 Å². The van der Waals surface area contributed by atoms with Gasteiger partial charge in [0.2, 0.25) is 0 Å². The molecule has 1 aromatic heterocycles. The first-order chi connectivity index (χ1) is 14.1. The Bertz CT molecular complexity index is 1270. The van der Waals surface area contributed by atoms with Gasteiger partial charge in [-0.15, -0.1) is 0 Å². The molecule has 0 amide bonds. The van der Waals surface area contributed by atoms with E-state index in [2.05, 4.69) is 30.3 Å². The van der Waals surface area contributed by atoms with Gasteiger partial charge in [0, 0.05) is 17.5 Å². The molecule has 0 atom stereocenters. The molecule has 0 bridgehead atoms. The van der Waals surface area contributed by atoms with Crippen LogP contribution in [0.5, 0.6) is 5.75 Å². The Kier molecular flexibility index (Phi) is 5.43. The summed E-state index contributed by atoms with van der Waals surface area (Å²) in [5, 5.41) is 24.6. The molecule has 2 N–H and O–H groups in total. The van der Waals surface area contributed by atoms with Crippen molar-refractivity contribution in [2.75, 3.05) is 0 Å². The highest BCUT2D eigenvalue weighted by Crippen LogP contribution is 2.35. The maximum atomic E-state index is 9.14. The van der Waals surface area contributed by atoms with Crippen LogP contribution in [0.1, 0.15) is 0 Å². The van der Waals surface area contributed by atoms with Gasteiger partial charge in [-0.25, -0.2) is 4.57 Å². The van der Waals surface area contributed by atoms with Crippen LogP contribution in [0.3, 0.4) is 0 Å². The molecular formula is C24H21BNO3+. The first kappa shape index (κ1) is 18.9. The normalized spacial score (nSPS) is 10.6. The molecule has 142 valence electrons. The summed E-state index contributed by atoms with van der Waals surface area (Å²) in [5.41, 5.74) is 0. The Morgan fingerprint density at radius 3 is 2.00 bits per heavy atom. The molecule has 4 aromatic carbocycles. The maximum Gasteiger partial charge on any atom is 0.707 e. The van der Waals surface area contributed by atoms with Crippen molar-refractivity contribution >= 4 is 39.6 Å². The van der Waals surface area contributed by atoms with Crippen molar-refractivity contribution in [3.05, 3.63) is 97.3 Å². The van der Waals surface area contributed by atoms with Crippen LogP contribution in [-0.4, -0.2) is 17.4 Å². The number of rotatable bonds is 2. The number of nitrogens with zero attached hydrogens (tertiary/aromatic N) is 1. The Hall–Kier alpha value is -3.41. The van der Waals surface area contributed by atoms with E-state index in [0.29, 0.717) is 5.75 Å². The van der Waals surface area contributed by atoms with Crippen LogP contribution in [0.15, 0.2) is 97.3 Å². The number of fused-ring (bicyclic) bond motifs is 4. The fraction of sp³-hybridized carbons (Fsp3) is 0.0417. The number of pyridine rings is 1. The summed E-state index contributed by atoms with van der Waals surface area (Å²) in [5.74, 6) is 0.466. The number of aryl methyl sites for hydroxylation is 1. The van der Waals surface area contributed by atoms with Crippen molar-refractivity contribution < 1.29 is 19.3 Å². The number of hydrogen-bond acceptors (Lipinski definition) is 3. The van der Waals surface area contributed by atoms with Crippen LogP contribution in [0.4, 0.5) is 0 Å². The maximum absolute atomic E-state index is 9.14. The third kappa shape index (κ3) is 4.21. The average molecular weight is 382 g/mol. The minimum atomic E-state index is -1.83. The second-order valence-corrected chi connectivity index (χ2v) is 6.83. The molecule has 0 aliphatic carbocycles. The van der Waals surface area contributed by atoms with E-state index in [-0.39, 0.29) is 0 Å². The molecule has 1 heterocycles. The van der Waals surface area contributed by atoms with Crippen molar-refractivity contribution in [2.24, 2.45) is 7.05 Å². The standard InChI is InChI=1S/C18H13BO3.C6H8N/c20-19(21)22-17-7-3-6-12-8-9-15-10-13-4-1-2-5-14(13)11-16(15)18(12)17;1-7-5-3-2-4-6-7/h1-11,20-21H;2-6H,1H3/q;+1. The van der Waals surface area contributed by atoms with Crippen LogP contribution in [-0.2, 0) is 7.05 Å². The van der Waals surface area contributed by atoms with Crippen molar-refractivity contribution in [3.63, 3.8) is 0 Å². The Morgan fingerprint density at radius 1 is 0.690 bits per heavy atom. The summed E-state index contributed by atoms with van der Waals surface area (Å²) < 4.78 is 7.16. The lowest BCUT2D eigenvalue weighted by Crippen LogP contribution is -2.25. The molecule has 0 unspecified atom stereocenters. The molecule has 5 heteroatoms. The van der Waals surface area contributed by atoms with Crippen LogP contribution in [0.2, 0.25) is 0 Å². The van der Waals surface area contributed by atoms with Gasteiger partial charge in [-0.1, -0.05) is 54.6 Å². The zero-order valence-electron chi connectivity index (χ0n) is 16.1. The smallest absolute Gasteiger partial charge is 0.511 e. The predicted molar refractivity (Wildman–Crippen MR) is 117 cm³/mol. The summed E-state index contributed by atoms with van der Waals surface area (Å²) in [7, 11) is 0.168. The molecule has 0 fully saturated rings. The summed E-state index contributed by atoms with van der Waals surface area (Å²) >= 11 is 0. The summed E-state index contributed by atoms with van der Waals surface area (Å²) in [6, 6.07) is 28.1. The fourth-order valence-electron chi connectivity index (χ4n) is 3.46. The van der Waals surface area contributed by atoms with E-state index in [1.54, 1.807) is 6.07 Å². The van der Waals surface area contributed by atoms with Gasteiger partial charge in [0.1, 0.15) is 12.8 Å². The second-order valence-electron chi connectivity index (χ2n) is 6.83. The van der Waals surface area contributed by atoms with Gasteiger partial charge in [0.15, 0.2) is 12.4 Å². The highest BCUT2D eigenvalue weighted by Gasteiger charge is 2.15. The van der Waals surface area contributed by atoms with Crippen molar-refractivity contribution in [2.45, 2.75) is 0 Å². The fourth-order valence-corrected chi connectivity index (χ4v) is 3.46. The van der Waals surface area contributed by atoms with Crippen molar-refractivity contribution in [3.8, 4) is 5.75 Å². The van der Waals surface area contributed by atoms with E-state index in [1.807, 2.05) is 72.5 Å². The molecule has 0 aliphatic rings. The summed E-state index contributed by atoms with van der Waals surface area (Å²) in [6.07, 6.45) is 4.00. The van der Waals surface area contributed by atoms with E-state index in [4.69, 9.17) is 14.7 Å². The van der Waals surface area contributed by atoms with Crippen molar-refractivity contribution in [1.82, 2.24) is 0 Å². The highest BCUT2D eigenvalue weighted by molar-refractivity contribution is 6.34. The first-order valence-electron chi connectivity index (χ1n) is 9.39. The third-order valence-corrected chi connectivity index (χ3v) is 4.79. The average Bonchev–Trinajstić information content (AvgIpc) is 2.73. The summed E-state index contributed by atoms with van der Waals surface area (Å²) in [4.78, 5) is 0. The molecule has 4 nitrogen and oxygen atoms in total. The molecule has 5 aromatic rings. The zero-order chi connectivity index (χ0) is 20.2. The van der Waals surface area contributed by atoms with Crippen molar-refractivity contribution in [1.29, 1.82) is 0 Å². The van der Waals surface area contributed by atoms with Gasteiger partial charge >= 0.3 is 7.32 Å². The first-order valence-corrected chi connectivity index (χ1v) is 9.39. The van der Waals surface area contributed by atoms with Gasteiger partial charge in [0.25, 0.3) is 0 Å². The van der Waals surface area contributed by atoms with E-state index in [1.165, 1.54) is 5.39 Å². The lowest BCUT2D eigenvalue weighted by Gasteiger charge is -2.12. The molecule has 0 aliphatic heterocycles.